The Balaban J connectivity index is 1.87. The van der Waals surface area contributed by atoms with E-state index in [-0.39, 0.29) is 15.8 Å². The summed E-state index contributed by atoms with van der Waals surface area (Å²) >= 11 is 10.9. The third-order valence-electron chi connectivity index (χ3n) is 4.40. The second-order valence-corrected chi connectivity index (χ2v) is 7.70. The molecule has 0 atom stereocenters. The summed E-state index contributed by atoms with van der Waals surface area (Å²) in [4.78, 5) is 12.3. The molecule has 0 aliphatic heterocycles. The average Bonchev–Trinajstić information content (AvgIpc) is 2.71. The summed E-state index contributed by atoms with van der Waals surface area (Å²) in [5.74, 6) is 0.148. The number of ether oxygens (including phenoxy) is 1. The molecule has 1 amide bonds. The van der Waals surface area contributed by atoms with Gasteiger partial charge in [-0.3, -0.25) is 10.1 Å². The van der Waals surface area contributed by atoms with Gasteiger partial charge < -0.3 is 10.1 Å². The van der Waals surface area contributed by atoms with Crippen LogP contribution in [0, 0.1) is 0 Å². The van der Waals surface area contributed by atoms with Gasteiger partial charge in [-0.25, -0.2) is 0 Å². The number of carbonyl (C=O) groups excluding carboxylic acids is 1. The first-order valence-electron chi connectivity index (χ1n) is 9.92. The zero-order chi connectivity index (χ0) is 22.9. The Bertz CT molecular complexity index is 889. The van der Waals surface area contributed by atoms with E-state index in [0.29, 0.717) is 17.9 Å². The van der Waals surface area contributed by atoms with Gasteiger partial charge in [0.2, 0.25) is 0 Å². The number of rotatable bonds is 9. The minimum absolute atomic E-state index is 0.0424. The lowest BCUT2D eigenvalue weighted by Gasteiger charge is -2.14. The van der Waals surface area contributed by atoms with Gasteiger partial charge in [-0.05, 0) is 61.1 Å². The third-order valence-corrected chi connectivity index (χ3v) is 4.94. The van der Waals surface area contributed by atoms with Gasteiger partial charge in [0, 0.05) is 5.56 Å². The van der Waals surface area contributed by atoms with E-state index >= 15 is 0 Å². The number of anilines is 1. The highest BCUT2D eigenvalue weighted by Gasteiger charge is 2.31. The van der Waals surface area contributed by atoms with E-state index in [1.165, 1.54) is 19.3 Å². The Morgan fingerprint density at radius 2 is 1.74 bits per heavy atom. The van der Waals surface area contributed by atoms with Crippen LogP contribution < -0.4 is 15.4 Å². The van der Waals surface area contributed by atoms with E-state index in [1.54, 1.807) is 24.3 Å². The summed E-state index contributed by atoms with van der Waals surface area (Å²) in [6.45, 7) is 2.78. The van der Waals surface area contributed by atoms with Crippen molar-refractivity contribution >= 4 is 40.5 Å². The number of halogens is 4. The largest absolute Gasteiger partial charge is 0.494 e. The molecule has 0 aromatic heterocycles. The molecular weight excluding hydrogens is 449 g/mol. The van der Waals surface area contributed by atoms with Crippen LogP contribution in [0.1, 0.15) is 54.9 Å². The van der Waals surface area contributed by atoms with E-state index < -0.39 is 17.6 Å². The predicted molar refractivity (Wildman–Crippen MR) is 121 cm³/mol. The van der Waals surface area contributed by atoms with E-state index in [9.17, 15) is 18.0 Å². The lowest BCUT2D eigenvalue weighted by atomic mass is 10.2. The van der Waals surface area contributed by atoms with Crippen molar-refractivity contribution in [1.29, 1.82) is 0 Å². The smallest absolute Gasteiger partial charge is 0.416 e. The molecule has 31 heavy (non-hydrogen) atoms. The Kier molecular flexibility index (Phi) is 9.58. The van der Waals surface area contributed by atoms with Crippen molar-refractivity contribution < 1.29 is 22.7 Å². The summed E-state index contributed by atoms with van der Waals surface area (Å²) in [5, 5.41) is 4.82. The van der Waals surface area contributed by atoms with Crippen LogP contribution in [0.25, 0.3) is 0 Å². The van der Waals surface area contributed by atoms with Gasteiger partial charge in [0.15, 0.2) is 5.11 Å². The molecular formula is C22H24ClF3N2O2S. The predicted octanol–water partition coefficient (Wildman–Crippen LogP) is 6.83. The molecule has 2 N–H and O–H groups in total. The molecule has 0 unspecified atom stereocenters. The van der Waals surface area contributed by atoms with Gasteiger partial charge in [0.1, 0.15) is 5.75 Å². The normalized spacial score (nSPS) is 11.1. The van der Waals surface area contributed by atoms with Crippen molar-refractivity contribution in [2.24, 2.45) is 0 Å². The summed E-state index contributed by atoms with van der Waals surface area (Å²) in [7, 11) is 0. The van der Waals surface area contributed by atoms with Crippen molar-refractivity contribution in [3.05, 3.63) is 58.6 Å². The molecule has 0 saturated heterocycles. The van der Waals surface area contributed by atoms with E-state index in [2.05, 4.69) is 17.6 Å². The van der Waals surface area contributed by atoms with Crippen molar-refractivity contribution in [2.75, 3.05) is 11.9 Å². The molecule has 0 aliphatic rings. The fraction of sp³-hybridized carbons (Fsp3) is 0.364. The standard InChI is InChI=1S/C22H24ClF3N2O2S/c1-2-3-4-5-6-13-30-17-10-7-15(8-11-17)20(29)28-21(31)27-19-14-16(22(24,25)26)9-12-18(19)23/h7-12,14H,2-6,13H2,1H3,(H2,27,28,29,31). The van der Waals surface area contributed by atoms with Crippen LogP contribution in [-0.2, 0) is 6.18 Å². The number of unbranched alkanes of at least 4 members (excludes halogenated alkanes) is 4. The van der Waals surface area contributed by atoms with Crippen LogP contribution in [-0.4, -0.2) is 17.6 Å². The van der Waals surface area contributed by atoms with Gasteiger partial charge in [-0.1, -0.05) is 44.2 Å². The van der Waals surface area contributed by atoms with Crippen LogP contribution in [0.3, 0.4) is 0 Å². The first kappa shape index (κ1) is 24.9. The van der Waals surface area contributed by atoms with Gasteiger partial charge >= 0.3 is 6.18 Å². The molecule has 4 nitrogen and oxygen atoms in total. The quantitative estimate of drug-likeness (QED) is 0.310. The van der Waals surface area contributed by atoms with E-state index in [1.807, 2.05) is 0 Å². The first-order valence-corrected chi connectivity index (χ1v) is 10.7. The van der Waals surface area contributed by atoms with Crippen LogP contribution >= 0.6 is 23.8 Å². The Morgan fingerprint density at radius 1 is 1.06 bits per heavy atom. The maximum absolute atomic E-state index is 12.9. The monoisotopic (exact) mass is 472 g/mol. The summed E-state index contributed by atoms with van der Waals surface area (Å²) in [5.41, 5.74) is -0.603. The Morgan fingerprint density at radius 3 is 2.39 bits per heavy atom. The molecule has 9 heteroatoms. The average molecular weight is 473 g/mol. The number of hydrogen-bond donors (Lipinski definition) is 2. The number of alkyl halides is 3. The fourth-order valence-electron chi connectivity index (χ4n) is 2.72. The molecule has 0 heterocycles. The minimum Gasteiger partial charge on any atom is -0.494 e. The second kappa shape index (κ2) is 11.9. The second-order valence-electron chi connectivity index (χ2n) is 6.89. The maximum atomic E-state index is 12.9. The van der Waals surface area contributed by atoms with Crippen molar-refractivity contribution in [2.45, 2.75) is 45.2 Å². The summed E-state index contributed by atoms with van der Waals surface area (Å²) in [6.07, 6.45) is 1.18. The van der Waals surface area contributed by atoms with Crippen LogP contribution in [0.2, 0.25) is 5.02 Å². The van der Waals surface area contributed by atoms with Crippen LogP contribution in [0.15, 0.2) is 42.5 Å². The van der Waals surface area contributed by atoms with Gasteiger partial charge in [0.25, 0.3) is 5.91 Å². The zero-order valence-corrected chi connectivity index (χ0v) is 18.6. The SMILES string of the molecule is CCCCCCCOc1ccc(C(=O)NC(=S)Nc2cc(C(F)(F)F)ccc2Cl)cc1. The molecule has 0 fully saturated rings. The Hall–Kier alpha value is -2.32. The van der Waals surface area contributed by atoms with Gasteiger partial charge in [0.05, 0.1) is 22.9 Å². The lowest BCUT2D eigenvalue weighted by molar-refractivity contribution is -0.137. The van der Waals surface area contributed by atoms with E-state index in [0.717, 1.165) is 31.0 Å². The molecule has 2 aromatic rings. The highest BCUT2D eigenvalue weighted by atomic mass is 35.5. The summed E-state index contributed by atoms with van der Waals surface area (Å²) < 4.78 is 44.3. The molecule has 0 aliphatic carbocycles. The van der Waals surface area contributed by atoms with Crippen LogP contribution in [0.5, 0.6) is 5.75 Å². The minimum atomic E-state index is -4.52. The Labute approximate surface area is 190 Å². The highest BCUT2D eigenvalue weighted by molar-refractivity contribution is 7.80. The molecule has 2 aromatic carbocycles. The topological polar surface area (TPSA) is 50.4 Å². The number of benzene rings is 2. The molecule has 0 bridgehead atoms. The van der Waals surface area contributed by atoms with Gasteiger partial charge in [-0.15, -0.1) is 0 Å². The molecule has 2 rings (SSSR count). The highest BCUT2D eigenvalue weighted by Crippen LogP contribution is 2.33. The summed E-state index contributed by atoms with van der Waals surface area (Å²) in [6, 6.07) is 9.34. The maximum Gasteiger partial charge on any atom is 0.416 e. The molecule has 0 radical (unpaired) electrons. The zero-order valence-electron chi connectivity index (χ0n) is 17.0. The first-order chi connectivity index (χ1) is 14.7. The number of thiocarbonyl (C=S) groups is 1. The number of amides is 1. The number of hydrogen-bond acceptors (Lipinski definition) is 3. The molecule has 168 valence electrons. The van der Waals surface area contributed by atoms with Crippen molar-refractivity contribution in [3.8, 4) is 5.75 Å². The lowest BCUT2D eigenvalue weighted by Crippen LogP contribution is -2.34. The molecule has 0 spiro atoms. The van der Waals surface area contributed by atoms with Gasteiger partial charge in [-0.2, -0.15) is 13.2 Å². The van der Waals surface area contributed by atoms with Crippen molar-refractivity contribution in [3.63, 3.8) is 0 Å². The molecule has 0 saturated carbocycles. The van der Waals surface area contributed by atoms with E-state index in [4.69, 9.17) is 28.6 Å². The van der Waals surface area contributed by atoms with Crippen LogP contribution in [0.4, 0.5) is 18.9 Å². The number of nitrogens with one attached hydrogen (secondary N) is 2. The van der Waals surface area contributed by atoms with Crippen molar-refractivity contribution in [1.82, 2.24) is 5.32 Å². The number of carbonyl (C=O) groups is 1. The fourth-order valence-corrected chi connectivity index (χ4v) is 3.09. The third kappa shape index (κ3) is 8.38.